The van der Waals surface area contributed by atoms with E-state index in [1.807, 2.05) is 34.2 Å². The summed E-state index contributed by atoms with van der Waals surface area (Å²) in [5.74, 6) is 1.52. The number of hydrogen-bond donors (Lipinski definition) is 1. The van der Waals surface area contributed by atoms with E-state index < -0.39 is 0 Å². The Bertz CT molecular complexity index is 1200. The Morgan fingerprint density at radius 3 is 2.63 bits per heavy atom. The van der Waals surface area contributed by atoms with Crippen LogP contribution in [-0.2, 0) is 11.2 Å². The van der Waals surface area contributed by atoms with E-state index in [1.165, 1.54) is 11.3 Å². The van der Waals surface area contributed by atoms with Crippen LogP contribution in [0.25, 0.3) is 16.2 Å². The molecule has 0 radical (unpaired) electrons. The molecular formula is C22H21N3O4S. The number of thiazole rings is 1. The van der Waals surface area contributed by atoms with Gasteiger partial charge in [-0.1, -0.05) is 0 Å². The predicted octanol–water partition coefficient (Wildman–Crippen LogP) is 3.99. The number of fused-ring (bicyclic) bond motifs is 1. The fourth-order valence-corrected chi connectivity index (χ4v) is 4.07. The Balaban J connectivity index is 1.62. The van der Waals surface area contributed by atoms with Crippen LogP contribution in [-0.4, -0.2) is 41.7 Å². The maximum Gasteiger partial charge on any atom is 0.232 e. The van der Waals surface area contributed by atoms with Gasteiger partial charge in [-0.3, -0.25) is 9.20 Å². The number of phenols is 1. The van der Waals surface area contributed by atoms with Gasteiger partial charge in [0.2, 0.25) is 5.91 Å². The van der Waals surface area contributed by atoms with Gasteiger partial charge in [0.15, 0.2) is 4.96 Å². The lowest BCUT2D eigenvalue weighted by molar-refractivity contribution is -0.117. The highest BCUT2D eigenvalue weighted by molar-refractivity contribution is 7.15. The van der Waals surface area contributed by atoms with Crippen molar-refractivity contribution < 1.29 is 19.4 Å². The number of methoxy groups -OCH3 is 2. The number of aromatic hydroxyl groups is 1. The number of benzene rings is 2. The van der Waals surface area contributed by atoms with E-state index in [-0.39, 0.29) is 18.1 Å². The number of phenolic OH excluding ortho intramolecular Hbond substituents is 1. The molecule has 0 aliphatic rings. The molecule has 0 fully saturated rings. The first-order chi connectivity index (χ1) is 14.5. The summed E-state index contributed by atoms with van der Waals surface area (Å²) in [5.41, 5.74) is 3.15. The zero-order chi connectivity index (χ0) is 21.3. The molecule has 0 aliphatic heterocycles. The fraction of sp³-hybridized carbons (Fsp3) is 0.182. The van der Waals surface area contributed by atoms with Crippen LogP contribution in [0.3, 0.4) is 0 Å². The number of nitrogens with zero attached hydrogens (tertiary/aromatic N) is 3. The van der Waals surface area contributed by atoms with Crippen molar-refractivity contribution in [1.29, 1.82) is 0 Å². The maximum absolute atomic E-state index is 12.8. The van der Waals surface area contributed by atoms with Crippen molar-refractivity contribution in [3.63, 3.8) is 0 Å². The van der Waals surface area contributed by atoms with Crippen molar-refractivity contribution in [2.45, 2.75) is 6.42 Å². The molecular weight excluding hydrogens is 402 g/mol. The average Bonchev–Trinajstić information content (AvgIpc) is 3.35. The minimum Gasteiger partial charge on any atom is -0.508 e. The molecule has 2 aromatic heterocycles. The summed E-state index contributed by atoms with van der Waals surface area (Å²) in [7, 11) is 4.96. The van der Waals surface area contributed by atoms with Crippen molar-refractivity contribution in [2.75, 3.05) is 26.2 Å². The Labute approximate surface area is 177 Å². The highest BCUT2D eigenvalue weighted by Crippen LogP contribution is 2.34. The second-order valence-corrected chi connectivity index (χ2v) is 7.55. The molecule has 1 N–H and O–H groups in total. The number of ether oxygens (including phenoxy) is 2. The van der Waals surface area contributed by atoms with Gasteiger partial charge in [0.1, 0.15) is 17.2 Å². The molecule has 7 nitrogen and oxygen atoms in total. The van der Waals surface area contributed by atoms with E-state index in [1.54, 1.807) is 50.4 Å². The van der Waals surface area contributed by atoms with Gasteiger partial charge in [-0.2, -0.15) is 0 Å². The minimum absolute atomic E-state index is 0.0606. The average molecular weight is 423 g/mol. The number of anilines is 1. The van der Waals surface area contributed by atoms with Crippen LogP contribution in [0.5, 0.6) is 17.2 Å². The van der Waals surface area contributed by atoms with Gasteiger partial charge >= 0.3 is 0 Å². The third kappa shape index (κ3) is 3.69. The number of aromatic nitrogens is 2. The van der Waals surface area contributed by atoms with Gasteiger partial charge in [0.05, 0.1) is 26.3 Å². The molecule has 0 aliphatic carbocycles. The molecule has 0 saturated carbocycles. The summed E-state index contributed by atoms with van der Waals surface area (Å²) in [6, 6.07) is 12.1. The first kappa shape index (κ1) is 19.8. The largest absolute Gasteiger partial charge is 0.508 e. The second kappa shape index (κ2) is 8.08. The Morgan fingerprint density at radius 2 is 1.93 bits per heavy atom. The number of carbonyl (C=O) groups is 1. The smallest absolute Gasteiger partial charge is 0.232 e. The maximum atomic E-state index is 12.8. The van der Waals surface area contributed by atoms with Gasteiger partial charge in [-0.15, -0.1) is 11.3 Å². The fourth-order valence-electron chi connectivity index (χ4n) is 3.19. The van der Waals surface area contributed by atoms with Crippen LogP contribution in [0.4, 0.5) is 5.69 Å². The summed E-state index contributed by atoms with van der Waals surface area (Å²) in [4.78, 5) is 19.9. The number of imidazole rings is 1. The summed E-state index contributed by atoms with van der Waals surface area (Å²) < 4.78 is 12.7. The zero-order valence-electron chi connectivity index (χ0n) is 16.8. The quantitative estimate of drug-likeness (QED) is 0.507. The SMILES string of the molecule is COc1ccc(OC)c(-c2cn3c(CC(=O)N(C)c4ccc(O)cc4)csc3n2)c1. The first-order valence-corrected chi connectivity index (χ1v) is 10.1. The molecule has 4 rings (SSSR count). The normalized spacial score (nSPS) is 10.9. The molecule has 0 atom stereocenters. The third-order valence-electron chi connectivity index (χ3n) is 4.91. The lowest BCUT2D eigenvalue weighted by atomic mass is 10.1. The van der Waals surface area contributed by atoms with E-state index in [0.29, 0.717) is 11.5 Å². The number of likely N-dealkylation sites (N-methyl/N-ethyl adjacent to an activating group) is 1. The summed E-state index contributed by atoms with van der Waals surface area (Å²) in [5, 5.41) is 11.4. The molecule has 30 heavy (non-hydrogen) atoms. The van der Waals surface area contributed by atoms with Crippen LogP contribution in [0.15, 0.2) is 54.0 Å². The van der Waals surface area contributed by atoms with E-state index >= 15 is 0 Å². The van der Waals surface area contributed by atoms with Crippen LogP contribution >= 0.6 is 11.3 Å². The minimum atomic E-state index is -0.0606. The molecule has 2 heterocycles. The van der Waals surface area contributed by atoms with E-state index in [2.05, 4.69) is 0 Å². The Kier molecular flexibility index (Phi) is 5.33. The van der Waals surface area contributed by atoms with Gasteiger partial charge in [0, 0.05) is 35.6 Å². The van der Waals surface area contributed by atoms with Crippen LogP contribution in [0.1, 0.15) is 5.69 Å². The molecule has 4 aromatic rings. The number of hydrogen-bond acceptors (Lipinski definition) is 6. The van der Waals surface area contributed by atoms with E-state index in [0.717, 1.165) is 27.6 Å². The molecule has 154 valence electrons. The summed E-state index contributed by atoms with van der Waals surface area (Å²) in [6.45, 7) is 0. The van der Waals surface area contributed by atoms with E-state index in [4.69, 9.17) is 14.5 Å². The summed E-state index contributed by atoms with van der Waals surface area (Å²) in [6.07, 6.45) is 2.13. The molecule has 1 amide bonds. The van der Waals surface area contributed by atoms with E-state index in [9.17, 15) is 9.90 Å². The molecule has 2 aromatic carbocycles. The van der Waals surface area contributed by atoms with Gasteiger partial charge in [-0.05, 0) is 42.5 Å². The number of amides is 1. The molecule has 8 heteroatoms. The lowest BCUT2D eigenvalue weighted by Gasteiger charge is -2.17. The Morgan fingerprint density at radius 1 is 1.17 bits per heavy atom. The Hall–Kier alpha value is -3.52. The highest BCUT2D eigenvalue weighted by Gasteiger charge is 2.18. The van der Waals surface area contributed by atoms with Crippen molar-refractivity contribution in [3.05, 3.63) is 59.7 Å². The van der Waals surface area contributed by atoms with Crippen LogP contribution in [0.2, 0.25) is 0 Å². The van der Waals surface area contributed by atoms with Gasteiger partial charge in [0.25, 0.3) is 0 Å². The highest BCUT2D eigenvalue weighted by atomic mass is 32.1. The van der Waals surface area contributed by atoms with Crippen molar-refractivity contribution >= 4 is 27.9 Å². The summed E-state index contributed by atoms with van der Waals surface area (Å²) >= 11 is 1.48. The number of rotatable bonds is 6. The van der Waals surface area contributed by atoms with Crippen molar-refractivity contribution in [2.24, 2.45) is 0 Å². The van der Waals surface area contributed by atoms with Gasteiger partial charge < -0.3 is 19.5 Å². The third-order valence-corrected chi connectivity index (χ3v) is 5.80. The topological polar surface area (TPSA) is 76.3 Å². The van der Waals surface area contributed by atoms with Crippen molar-refractivity contribution in [3.8, 4) is 28.5 Å². The first-order valence-electron chi connectivity index (χ1n) is 9.23. The second-order valence-electron chi connectivity index (χ2n) is 6.72. The molecule has 0 spiro atoms. The predicted molar refractivity (Wildman–Crippen MR) is 117 cm³/mol. The molecule has 0 bridgehead atoms. The zero-order valence-corrected chi connectivity index (χ0v) is 17.6. The van der Waals surface area contributed by atoms with Crippen LogP contribution in [0, 0.1) is 0 Å². The monoisotopic (exact) mass is 423 g/mol. The number of carbonyl (C=O) groups excluding carboxylic acids is 1. The molecule has 0 unspecified atom stereocenters. The van der Waals surface area contributed by atoms with Gasteiger partial charge in [-0.25, -0.2) is 4.98 Å². The van der Waals surface area contributed by atoms with Crippen molar-refractivity contribution in [1.82, 2.24) is 9.38 Å². The standard InChI is InChI=1S/C22H21N3O4S/c1-24(14-4-6-16(26)7-5-14)21(27)10-15-13-30-22-23-19(12-25(15)22)18-11-17(28-2)8-9-20(18)29-3/h4-9,11-13,26H,10H2,1-3H3. The lowest BCUT2D eigenvalue weighted by Crippen LogP contribution is -2.28. The van der Waals surface area contributed by atoms with Crippen LogP contribution < -0.4 is 14.4 Å². The molecule has 0 saturated heterocycles.